The third-order valence-corrected chi connectivity index (χ3v) is 10.2. The van der Waals surface area contributed by atoms with Crippen molar-refractivity contribution < 1.29 is 0 Å². The summed E-state index contributed by atoms with van der Waals surface area (Å²) in [5.41, 5.74) is 8.81. The molecular formula is C27H39Si2. The number of hydrogen-bond donors (Lipinski definition) is 0. The van der Waals surface area contributed by atoms with Crippen molar-refractivity contribution in [1.29, 1.82) is 0 Å². The van der Waals surface area contributed by atoms with E-state index in [1.807, 2.05) is 0 Å². The first-order chi connectivity index (χ1) is 13.2. The number of benzene rings is 2. The Morgan fingerprint density at radius 2 is 1.34 bits per heavy atom. The zero-order chi connectivity index (χ0) is 21.8. The SMILES string of the molecule is CCc1ccc2c(c1-c1cc([Si](C)(C)C)cc([Si](C)(C)C)c1)C=C(C(C)(C)C)[CH]2. The summed E-state index contributed by atoms with van der Waals surface area (Å²) in [7, 11) is -2.81. The van der Waals surface area contributed by atoms with Crippen LogP contribution in [0.25, 0.3) is 17.2 Å². The van der Waals surface area contributed by atoms with E-state index < -0.39 is 16.1 Å². The van der Waals surface area contributed by atoms with Crippen LogP contribution in [0.3, 0.4) is 0 Å². The minimum Gasteiger partial charge on any atom is -0.0656 e. The van der Waals surface area contributed by atoms with Gasteiger partial charge < -0.3 is 0 Å². The van der Waals surface area contributed by atoms with E-state index >= 15 is 0 Å². The average Bonchev–Trinajstić information content (AvgIpc) is 3.03. The highest BCUT2D eigenvalue weighted by Crippen LogP contribution is 2.43. The summed E-state index contributed by atoms with van der Waals surface area (Å²) in [6.45, 7) is 24.1. The Bertz CT molecular complexity index is 925. The molecule has 155 valence electrons. The van der Waals surface area contributed by atoms with Crippen molar-refractivity contribution in [2.45, 2.75) is 73.4 Å². The molecule has 0 N–H and O–H groups in total. The van der Waals surface area contributed by atoms with Crippen LogP contribution in [0.1, 0.15) is 44.4 Å². The lowest BCUT2D eigenvalue weighted by Crippen LogP contribution is -2.45. The predicted octanol–water partition coefficient (Wildman–Crippen LogP) is 7.00. The molecule has 0 amide bonds. The van der Waals surface area contributed by atoms with Gasteiger partial charge in [0.15, 0.2) is 0 Å². The van der Waals surface area contributed by atoms with Crippen molar-refractivity contribution >= 4 is 32.6 Å². The summed E-state index contributed by atoms with van der Waals surface area (Å²) < 4.78 is 0. The van der Waals surface area contributed by atoms with E-state index in [0.717, 1.165) is 6.42 Å². The molecule has 0 saturated carbocycles. The molecule has 3 rings (SSSR count). The number of aryl methyl sites for hydroxylation is 1. The molecule has 0 unspecified atom stereocenters. The predicted molar refractivity (Wildman–Crippen MR) is 138 cm³/mol. The van der Waals surface area contributed by atoms with Gasteiger partial charge in [0.2, 0.25) is 0 Å². The second-order valence-electron chi connectivity index (χ2n) is 11.7. The van der Waals surface area contributed by atoms with Crippen LogP contribution in [0, 0.1) is 11.8 Å². The second kappa shape index (κ2) is 7.39. The van der Waals surface area contributed by atoms with Gasteiger partial charge in [-0.3, -0.25) is 0 Å². The van der Waals surface area contributed by atoms with Crippen LogP contribution < -0.4 is 10.4 Å². The third-order valence-electron chi connectivity index (χ3n) is 6.18. The highest BCUT2D eigenvalue weighted by atomic mass is 28.3. The number of hydrogen-bond acceptors (Lipinski definition) is 0. The van der Waals surface area contributed by atoms with Crippen LogP contribution >= 0.6 is 0 Å². The number of rotatable bonds is 4. The summed E-state index contributed by atoms with van der Waals surface area (Å²) in [6, 6.07) is 12.3. The van der Waals surface area contributed by atoms with Crippen molar-refractivity contribution in [2.75, 3.05) is 0 Å². The summed E-state index contributed by atoms with van der Waals surface area (Å²) in [5.74, 6) is 0. The standard InChI is InChI=1S/C27H39Si2/c1-11-19-12-13-20-14-22(27(2,3)4)17-25(20)26(19)21-15-23(28(5,6)7)18-24(16-21)29(8,9)10/h12-18H,11H2,1-10H3. The first-order valence-corrected chi connectivity index (χ1v) is 18.1. The van der Waals surface area contributed by atoms with Crippen molar-refractivity contribution in [2.24, 2.45) is 5.41 Å². The molecule has 0 heterocycles. The van der Waals surface area contributed by atoms with Gasteiger partial charge in [0.25, 0.3) is 0 Å². The smallest absolute Gasteiger partial charge is 0.0656 e. The van der Waals surface area contributed by atoms with Crippen LogP contribution in [-0.2, 0) is 6.42 Å². The van der Waals surface area contributed by atoms with Gasteiger partial charge in [-0.2, -0.15) is 0 Å². The van der Waals surface area contributed by atoms with Gasteiger partial charge in [-0.1, -0.05) is 119 Å². The maximum atomic E-state index is 2.54. The van der Waals surface area contributed by atoms with E-state index in [2.05, 4.69) is 110 Å². The Kier molecular flexibility index (Phi) is 5.68. The largest absolute Gasteiger partial charge is 0.0776 e. The summed E-state index contributed by atoms with van der Waals surface area (Å²) in [5, 5.41) is 3.18. The molecule has 2 heteroatoms. The minimum atomic E-state index is -1.41. The van der Waals surface area contributed by atoms with E-state index in [0.29, 0.717) is 0 Å². The Hall–Kier alpha value is -1.39. The minimum absolute atomic E-state index is 0.173. The molecule has 1 aliphatic rings. The monoisotopic (exact) mass is 419 g/mol. The lowest BCUT2D eigenvalue weighted by Gasteiger charge is -2.25. The first kappa shape index (κ1) is 22.3. The van der Waals surface area contributed by atoms with Crippen molar-refractivity contribution in [3.63, 3.8) is 0 Å². The van der Waals surface area contributed by atoms with E-state index in [-0.39, 0.29) is 5.41 Å². The Balaban J connectivity index is 2.32. The summed E-state index contributed by atoms with van der Waals surface area (Å²) >= 11 is 0. The van der Waals surface area contributed by atoms with Crippen LogP contribution in [-0.4, -0.2) is 16.1 Å². The fraction of sp³-hybridized carbons (Fsp3) is 0.444. The van der Waals surface area contributed by atoms with Gasteiger partial charge in [0, 0.05) is 6.42 Å². The molecule has 0 bridgehead atoms. The van der Waals surface area contributed by atoms with Gasteiger partial charge in [0.05, 0.1) is 16.1 Å². The lowest BCUT2D eigenvalue weighted by atomic mass is 9.85. The molecule has 0 aliphatic heterocycles. The van der Waals surface area contributed by atoms with Gasteiger partial charge in [-0.05, 0) is 39.7 Å². The lowest BCUT2D eigenvalue weighted by molar-refractivity contribution is 0.516. The van der Waals surface area contributed by atoms with Crippen LogP contribution in [0.4, 0.5) is 0 Å². The molecule has 1 radical (unpaired) electrons. The number of fused-ring (bicyclic) bond motifs is 1. The Morgan fingerprint density at radius 3 is 1.79 bits per heavy atom. The summed E-state index contributed by atoms with van der Waals surface area (Å²) in [4.78, 5) is 0. The highest BCUT2D eigenvalue weighted by Gasteiger charge is 2.28. The summed E-state index contributed by atoms with van der Waals surface area (Å²) in [6.07, 6.45) is 5.93. The van der Waals surface area contributed by atoms with Crippen LogP contribution in [0.5, 0.6) is 0 Å². The number of allylic oxidation sites excluding steroid dienone is 1. The molecule has 2 aromatic carbocycles. The van der Waals surface area contributed by atoms with Crippen molar-refractivity contribution in [3.8, 4) is 11.1 Å². The Labute approximate surface area is 181 Å². The van der Waals surface area contributed by atoms with Crippen LogP contribution in [0.15, 0.2) is 35.9 Å². The molecule has 0 aromatic heterocycles. The molecule has 29 heavy (non-hydrogen) atoms. The van der Waals surface area contributed by atoms with E-state index in [9.17, 15) is 0 Å². The maximum absolute atomic E-state index is 2.54. The van der Waals surface area contributed by atoms with Gasteiger partial charge >= 0.3 is 0 Å². The van der Waals surface area contributed by atoms with Gasteiger partial charge in [-0.15, -0.1) is 0 Å². The zero-order valence-electron chi connectivity index (χ0n) is 20.2. The quantitative estimate of drug-likeness (QED) is 0.468. The molecular weight excluding hydrogens is 380 g/mol. The van der Waals surface area contributed by atoms with Crippen molar-refractivity contribution in [3.05, 3.63) is 59.0 Å². The van der Waals surface area contributed by atoms with E-state index in [1.165, 1.54) is 33.4 Å². The van der Waals surface area contributed by atoms with Gasteiger partial charge in [-0.25, -0.2) is 0 Å². The zero-order valence-corrected chi connectivity index (χ0v) is 22.2. The van der Waals surface area contributed by atoms with Gasteiger partial charge in [0.1, 0.15) is 0 Å². The molecule has 0 fully saturated rings. The molecule has 1 aliphatic carbocycles. The highest BCUT2D eigenvalue weighted by molar-refractivity contribution is 6.91. The molecule has 0 saturated heterocycles. The van der Waals surface area contributed by atoms with Crippen LogP contribution in [0.2, 0.25) is 39.3 Å². The van der Waals surface area contributed by atoms with Crippen molar-refractivity contribution in [1.82, 2.24) is 0 Å². The van der Waals surface area contributed by atoms with E-state index in [1.54, 1.807) is 10.4 Å². The second-order valence-corrected chi connectivity index (χ2v) is 21.9. The molecule has 0 atom stereocenters. The third kappa shape index (κ3) is 4.54. The molecule has 0 spiro atoms. The fourth-order valence-electron chi connectivity index (χ4n) is 4.03. The van der Waals surface area contributed by atoms with E-state index in [4.69, 9.17) is 0 Å². The first-order valence-electron chi connectivity index (χ1n) is 11.1. The normalized spacial score (nSPS) is 14.8. The fourth-order valence-corrected chi connectivity index (χ4v) is 6.53. The molecule has 0 nitrogen and oxygen atoms in total. The molecule has 2 aromatic rings. The Morgan fingerprint density at radius 1 is 0.793 bits per heavy atom. The average molecular weight is 420 g/mol. The topological polar surface area (TPSA) is 0 Å². The maximum Gasteiger partial charge on any atom is 0.0776 e.